The van der Waals surface area contributed by atoms with Crippen molar-refractivity contribution in [3.05, 3.63) is 29.8 Å². The maximum atomic E-state index is 12.4. The highest BCUT2D eigenvalue weighted by atomic mass is 32.2. The number of carbonyl (C=O) groups is 1. The van der Waals surface area contributed by atoms with Gasteiger partial charge >= 0.3 is 0 Å². The van der Waals surface area contributed by atoms with Crippen LogP contribution >= 0.6 is 11.3 Å². The van der Waals surface area contributed by atoms with Crippen LogP contribution in [0.1, 0.15) is 32.3 Å². The standard InChI is InChI=1S/C13H16N4O3S2/c1-8(2)10-6-4-5-7-11(10)17-22(19,20)13-16-15-12(21-13)14-9(3)18/h4-8,17H,1-3H3,(H,14,15,18). The van der Waals surface area contributed by atoms with E-state index in [1.54, 1.807) is 12.1 Å². The van der Waals surface area contributed by atoms with Gasteiger partial charge in [0.05, 0.1) is 5.69 Å². The Bertz CT molecular complexity index is 784. The zero-order valence-corrected chi connectivity index (χ0v) is 14.0. The molecule has 0 radical (unpaired) electrons. The van der Waals surface area contributed by atoms with Gasteiger partial charge in [0.2, 0.25) is 11.0 Å². The monoisotopic (exact) mass is 340 g/mol. The highest BCUT2D eigenvalue weighted by Gasteiger charge is 2.22. The van der Waals surface area contributed by atoms with Crippen LogP contribution in [-0.2, 0) is 14.8 Å². The molecule has 0 aliphatic rings. The molecule has 2 N–H and O–H groups in total. The van der Waals surface area contributed by atoms with Crippen LogP contribution in [0.4, 0.5) is 10.8 Å². The van der Waals surface area contributed by atoms with E-state index in [2.05, 4.69) is 20.2 Å². The van der Waals surface area contributed by atoms with Crippen LogP contribution in [-0.4, -0.2) is 24.5 Å². The third-order valence-corrected chi connectivity index (χ3v) is 5.32. The molecule has 0 spiro atoms. The summed E-state index contributed by atoms with van der Waals surface area (Å²) in [4.78, 5) is 10.9. The van der Waals surface area contributed by atoms with Gasteiger partial charge in [-0.05, 0) is 17.5 Å². The molecule has 0 aliphatic heterocycles. The Morgan fingerprint density at radius 3 is 2.55 bits per heavy atom. The average Bonchev–Trinajstić information content (AvgIpc) is 2.87. The molecule has 1 amide bonds. The maximum absolute atomic E-state index is 12.4. The summed E-state index contributed by atoms with van der Waals surface area (Å²) >= 11 is 0.797. The summed E-state index contributed by atoms with van der Waals surface area (Å²) in [7, 11) is -3.84. The molecule has 2 aromatic rings. The first-order valence-corrected chi connectivity index (χ1v) is 8.82. The van der Waals surface area contributed by atoms with Crippen molar-refractivity contribution in [3.63, 3.8) is 0 Å². The van der Waals surface area contributed by atoms with Gasteiger partial charge in [-0.25, -0.2) is 0 Å². The molecule has 0 saturated heterocycles. The fourth-order valence-electron chi connectivity index (χ4n) is 1.80. The van der Waals surface area contributed by atoms with Crippen molar-refractivity contribution in [2.45, 2.75) is 31.0 Å². The molecule has 0 aliphatic carbocycles. The van der Waals surface area contributed by atoms with Crippen molar-refractivity contribution in [2.75, 3.05) is 10.0 Å². The van der Waals surface area contributed by atoms with Crippen LogP contribution in [0.25, 0.3) is 0 Å². The Hall–Kier alpha value is -2.00. The largest absolute Gasteiger partial charge is 0.301 e. The van der Waals surface area contributed by atoms with Crippen molar-refractivity contribution in [1.82, 2.24) is 10.2 Å². The van der Waals surface area contributed by atoms with E-state index in [9.17, 15) is 13.2 Å². The summed E-state index contributed by atoms with van der Waals surface area (Å²) in [5, 5.41) is 9.80. The van der Waals surface area contributed by atoms with Crippen LogP contribution in [0.15, 0.2) is 28.6 Å². The average molecular weight is 340 g/mol. The number of nitrogens with zero attached hydrogens (tertiary/aromatic N) is 2. The molecule has 118 valence electrons. The lowest BCUT2D eigenvalue weighted by molar-refractivity contribution is -0.114. The number of hydrogen-bond donors (Lipinski definition) is 2. The topological polar surface area (TPSA) is 101 Å². The van der Waals surface area contributed by atoms with Gasteiger partial charge in [0.1, 0.15) is 0 Å². The van der Waals surface area contributed by atoms with Crippen molar-refractivity contribution in [2.24, 2.45) is 0 Å². The number of benzene rings is 1. The molecular formula is C13H16N4O3S2. The minimum Gasteiger partial charge on any atom is -0.301 e. The van der Waals surface area contributed by atoms with Gasteiger partial charge in [-0.3, -0.25) is 9.52 Å². The van der Waals surface area contributed by atoms with Gasteiger partial charge in [0.15, 0.2) is 0 Å². The lowest BCUT2D eigenvalue weighted by Crippen LogP contribution is -2.14. The second-order valence-corrected chi connectivity index (χ2v) is 7.74. The number of sulfonamides is 1. The first-order chi connectivity index (χ1) is 10.3. The van der Waals surface area contributed by atoms with Gasteiger partial charge in [-0.1, -0.05) is 43.4 Å². The number of nitrogens with one attached hydrogen (secondary N) is 2. The summed E-state index contributed by atoms with van der Waals surface area (Å²) in [6.07, 6.45) is 0. The molecule has 1 heterocycles. The molecule has 0 saturated carbocycles. The number of anilines is 2. The predicted molar refractivity (Wildman–Crippen MR) is 85.6 cm³/mol. The van der Waals surface area contributed by atoms with E-state index in [0.717, 1.165) is 16.9 Å². The SMILES string of the molecule is CC(=O)Nc1nnc(S(=O)(=O)Nc2ccccc2C(C)C)s1. The van der Waals surface area contributed by atoms with Crippen LogP contribution < -0.4 is 10.0 Å². The minimum atomic E-state index is -3.84. The van der Waals surface area contributed by atoms with E-state index in [-0.39, 0.29) is 21.3 Å². The first kappa shape index (κ1) is 16.4. The molecule has 7 nitrogen and oxygen atoms in total. The van der Waals surface area contributed by atoms with E-state index in [1.165, 1.54) is 6.92 Å². The van der Waals surface area contributed by atoms with Gasteiger partial charge in [-0.2, -0.15) is 8.42 Å². The Balaban J connectivity index is 2.28. The molecule has 22 heavy (non-hydrogen) atoms. The number of aromatic nitrogens is 2. The van der Waals surface area contributed by atoms with Crippen molar-refractivity contribution >= 4 is 38.1 Å². The van der Waals surface area contributed by atoms with Gasteiger partial charge in [0.25, 0.3) is 14.4 Å². The van der Waals surface area contributed by atoms with E-state index in [1.807, 2.05) is 26.0 Å². The predicted octanol–water partition coefficient (Wildman–Crippen LogP) is 2.42. The molecule has 0 fully saturated rings. The van der Waals surface area contributed by atoms with E-state index in [0.29, 0.717) is 5.69 Å². The molecule has 9 heteroatoms. The molecule has 1 aromatic carbocycles. The van der Waals surface area contributed by atoms with Crippen LogP contribution in [0, 0.1) is 0 Å². The smallest absolute Gasteiger partial charge is 0.291 e. The molecule has 0 bridgehead atoms. The fourth-order valence-corrected chi connectivity index (χ4v) is 3.84. The zero-order valence-electron chi connectivity index (χ0n) is 12.3. The van der Waals surface area contributed by atoms with Crippen molar-refractivity contribution in [3.8, 4) is 0 Å². The highest BCUT2D eigenvalue weighted by Crippen LogP contribution is 2.27. The van der Waals surface area contributed by atoms with E-state index < -0.39 is 10.0 Å². The van der Waals surface area contributed by atoms with Gasteiger partial charge < -0.3 is 5.32 Å². The first-order valence-electron chi connectivity index (χ1n) is 6.52. The maximum Gasteiger partial charge on any atom is 0.291 e. The summed E-state index contributed by atoms with van der Waals surface area (Å²) < 4.78 is 27.0. The Labute approximate surface area is 132 Å². The highest BCUT2D eigenvalue weighted by molar-refractivity contribution is 7.94. The van der Waals surface area contributed by atoms with Crippen LogP contribution in [0.2, 0.25) is 0 Å². The Morgan fingerprint density at radius 1 is 1.23 bits per heavy atom. The van der Waals surface area contributed by atoms with Crippen LogP contribution in [0.3, 0.4) is 0 Å². The number of amides is 1. The normalized spacial score (nSPS) is 11.5. The van der Waals surface area contributed by atoms with Crippen LogP contribution in [0.5, 0.6) is 0 Å². The second-order valence-electron chi connectivity index (χ2n) is 4.90. The number of carbonyl (C=O) groups excluding carboxylic acids is 1. The Kier molecular flexibility index (Phi) is 4.77. The summed E-state index contributed by atoms with van der Waals surface area (Å²) in [5.74, 6) is -0.165. The zero-order chi connectivity index (χ0) is 16.3. The Morgan fingerprint density at radius 2 is 1.91 bits per heavy atom. The van der Waals surface area contributed by atoms with E-state index in [4.69, 9.17) is 0 Å². The third kappa shape index (κ3) is 3.80. The number of rotatable bonds is 5. The summed E-state index contributed by atoms with van der Waals surface area (Å²) in [5.41, 5.74) is 1.39. The number of para-hydroxylation sites is 1. The lowest BCUT2D eigenvalue weighted by Gasteiger charge is -2.13. The molecule has 0 unspecified atom stereocenters. The fraction of sp³-hybridized carbons (Fsp3) is 0.308. The van der Waals surface area contributed by atoms with E-state index >= 15 is 0 Å². The summed E-state index contributed by atoms with van der Waals surface area (Å²) in [6, 6.07) is 7.17. The van der Waals surface area contributed by atoms with Crippen molar-refractivity contribution in [1.29, 1.82) is 0 Å². The third-order valence-electron chi connectivity index (χ3n) is 2.75. The number of hydrogen-bond acceptors (Lipinski definition) is 6. The lowest BCUT2D eigenvalue weighted by atomic mass is 10.0. The van der Waals surface area contributed by atoms with Gasteiger partial charge in [0, 0.05) is 6.92 Å². The molecular weight excluding hydrogens is 324 g/mol. The quantitative estimate of drug-likeness (QED) is 0.814. The summed E-state index contributed by atoms with van der Waals surface area (Å²) in [6.45, 7) is 5.27. The van der Waals surface area contributed by atoms with Crippen molar-refractivity contribution < 1.29 is 13.2 Å². The minimum absolute atomic E-state index is 0.144. The molecule has 0 atom stereocenters. The molecule has 2 rings (SSSR count). The molecule has 1 aromatic heterocycles. The second kappa shape index (κ2) is 6.41. The van der Waals surface area contributed by atoms with Gasteiger partial charge in [-0.15, -0.1) is 10.2 Å².